The molecule has 5 nitrogen and oxygen atoms in total. The van der Waals surface area contributed by atoms with Crippen molar-refractivity contribution in [3.05, 3.63) is 16.5 Å². The Hall–Kier alpha value is -0.910. The third-order valence-corrected chi connectivity index (χ3v) is 4.11. The Labute approximate surface area is 121 Å². The number of carbonyl (C=O) groups excluding carboxylic acids is 1. The van der Waals surface area contributed by atoms with Gasteiger partial charge in [0.1, 0.15) is 11.3 Å². The van der Waals surface area contributed by atoms with Crippen molar-refractivity contribution in [1.29, 1.82) is 0 Å². The lowest BCUT2D eigenvalue weighted by atomic mass is 9.80. The first-order chi connectivity index (χ1) is 9.00. The lowest BCUT2D eigenvalue weighted by molar-refractivity contribution is -0.117. The number of nitrogens with one attached hydrogen (secondary N) is 1. The molecule has 1 aromatic rings. The Morgan fingerprint density at radius 1 is 1.32 bits per heavy atom. The Morgan fingerprint density at radius 2 is 2.00 bits per heavy atom. The molecular weight excluding hydrogens is 287 g/mol. The van der Waals surface area contributed by atoms with E-state index in [-0.39, 0.29) is 28.3 Å². The minimum absolute atomic E-state index is 0.118. The molecule has 0 aromatic carbocycles. The molecule has 0 unspecified atom stereocenters. The summed E-state index contributed by atoms with van der Waals surface area (Å²) in [6.45, 7) is 0. The van der Waals surface area contributed by atoms with Crippen LogP contribution in [-0.4, -0.2) is 21.4 Å². The zero-order chi connectivity index (χ0) is 13.9. The van der Waals surface area contributed by atoms with Gasteiger partial charge in [0.05, 0.1) is 0 Å². The third kappa shape index (κ3) is 3.78. The maximum absolute atomic E-state index is 12.0. The molecule has 1 aliphatic carbocycles. The number of aromatic nitrogens is 2. The fourth-order valence-corrected chi connectivity index (χ4v) is 2.64. The van der Waals surface area contributed by atoms with Crippen molar-refractivity contribution < 1.29 is 4.79 Å². The maximum atomic E-state index is 12.0. The standard InChI is InChI=1S/C12H16Cl2N4O/c13-9-10(14)16-7-17-11(9)18-8(19)6-12(15)4-2-1-3-5-12/h7H,1-6,15H2,(H,16,17,18,19). The van der Waals surface area contributed by atoms with E-state index < -0.39 is 5.54 Å². The van der Waals surface area contributed by atoms with Gasteiger partial charge in [-0.15, -0.1) is 0 Å². The summed E-state index contributed by atoms with van der Waals surface area (Å²) in [5.74, 6) is 0.0344. The predicted octanol–water partition coefficient (Wildman–Crippen LogP) is 2.77. The highest BCUT2D eigenvalue weighted by Crippen LogP contribution is 2.30. The molecule has 2 rings (SSSR count). The van der Waals surface area contributed by atoms with Crippen LogP contribution in [0.2, 0.25) is 10.2 Å². The number of amides is 1. The van der Waals surface area contributed by atoms with Crippen molar-refractivity contribution in [3.63, 3.8) is 0 Å². The van der Waals surface area contributed by atoms with Gasteiger partial charge < -0.3 is 11.1 Å². The molecule has 1 amide bonds. The van der Waals surface area contributed by atoms with Crippen molar-refractivity contribution in [2.24, 2.45) is 5.73 Å². The topological polar surface area (TPSA) is 80.9 Å². The van der Waals surface area contributed by atoms with E-state index in [0.717, 1.165) is 25.7 Å². The quantitative estimate of drug-likeness (QED) is 0.841. The lowest BCUT2D eigenvalue weighted by Gasteiger charge is -2.32. The van der Waals surface area contributed by atoms with Gasteiger partial charge in [-0.05, 0) is 12.8 Å². The van der Waals surface area contributed by atoms with E-state index in [1.54, 1.807) is 0 Å². The average molecular weight is 303 g/mol. The molecule has 1 saturated carbocycles. The summed E-state index contributed by atoms with van der Waals surface area (Å²) >= 11 is 11.7. The Morgan fingerprint density at radius 3 is 2.68 bits per heavy atom. The van der Waals surface area contributed by atoms with Crippen LogP contribution in [0.4, 0.5) is 5.82 Å². The molecule has 1 heterocycles. The van der Waals surface area contributed by atoms with Crippen LogP contribution in [0, 0.1) is 0 Å². The maximum Gasteiger partial charge on any atom is 0.227 e. The molecule has 1 fully saturated rings. The fourth-order valence-electron chi connectivity index (χ4n) is 2.36. The van der Waals surface area contributed by atoms with Gasteiger partial charge in [0.25, 0.3) is 0 Å². The molecule has 104 valence electrons. The first kappa shape index (κ1) is 14.5. The number of hydrogen-bond acceptors (Lipinski definition) is 4. The molecule has 19 heavy (non-hydrogen) atoms. The van der Waals surface area contributed by atoms with Crippen LogP contribution >= 0.6 is 23.2 Å². The van der Waals surface area contributed by atoms with E-state index in [1.165, 1.54) is 12.7 Å². The number of nitrogens with zero attached hydrogens (tertiary/aromatic N) is 2. The Bertz CT molecular complexity index is 475. The minimum Gasteiger partial charge on any atom is -0.325 e. The fraction of sp³-hybridized carbons (Fsp3) is 0.583. The lowest BCUT2D eigenvalue weighted by Crippen LogP contribution is -2.44. The van der Waals surface area contributed by atoms with E-state index in [9.17, 15) is 4.79 Å². The van der Waals surface area contributed by atoms with Crippen LogP contribution in [0.1, 0.15) is 38.5 Å². The second-order valence-corrected chi connectivity index (χ2v) is 5.71. The summed E-state index contributed by atoms with van der Waals surface area (Å²) in [5.41, 5.74) is 5.82. The minimum atomic E-state index is -0.411. The summed E-state index contributed by atoms with van der Waals surface area (Å²) in [5, 5.41) is 2.90. The monoisotopic (exact) mass is 302 g/mol. The van der Waals surface area contributed by atoms with Gasteiger partial charge in [0.2, 0.25) is 5.91 Å². The van der Waals surface area contributed by atoms with Crippen LogP contribution in [0.15, 0.2) is 6.33 Å². The van der Waals surface area contributed by atoms with Crippen molar-refractivity contribution in [2.45, 2.75) is 44.1 Å². The summed E-state index contributed by atoms with van der Waals surface area (Å²) in [6.07, 6.45) is 6.60. The summed E-state index contributed by atoms with van der Waals surface area (Å²) in [7, 11) is 0. The first-order valence-electron chi connectivity index (χ1n) is 6.25. The number of rotatable bonds is 3. The summed E-state index contributed by atoms with van der Waals surface area (Å²) in [4.78, 5) is 19.6. The van der Waals surface area contributed by atoms with E-state index in [0.29, 0.717) is 0 Å². The first-order valence-corrected chi connectivity index (χ1v) is 7.00. The smallest absolute Gasteiger partial charge is 0.227 e. The Balaban J connectivity index is 1.99. The molecule has 1 aliphatic rings. The highest BCUT2D eigenvalue weighted by Gasteiger charge is 2.30. The van der Waals surface area contributed by atoms with E-state index >= 15 is 0 Å². The van der Waals surface area contributed by atoms with Crippen molar-refractivity contribution in [1.82, 2.24) is 9.97 Å². The van der Waals surface area contributed by atoms with Crippen LogP contribution in [0.5, 0.6) is 0 Å². The molecule has 0 spiro atoms. The van der Waals surface area contributed by atoms with Crippen LogP contribution in [0.25, 0.3) is 0 Å². The van der Waals surface area contributed by atoms with Crippen LogP contribution in [-0.2, 0) is 4.79 Å². The molecule has 0 bridgehead atoms. The number of nitrogens with two attached hydrogens (primary N) is 1. The van der Waals surface area contributed by atoms with Crippen molar-refractivity contribution >= 4 is 34.9 Å². The SMILES string of the molecule is NC1(CC(=O)Nc2ncnc(Cl)c2Cl)CCCCC1. The predicted molar refractivity (Wildman–Crippen MR) is 75.3 cm³/mol. The number of carbonyl (C=O) groups is 1. The van der Waals surface area contributed by atoms with E-state index in [1.807, 2.05) is 0 Å². The molecule has 0 radical (unpaired) electrons. The largest absolute Gasteiger partial charge is 0.325 e. The summed E-state index contributed by atoms with van der Waals surface area (Å²) < 4.78 is 0. The highest BCUT2D eigenvalue weighted by molar-refractivity contribution is 6.42. The highest BCUT2D eigenvalue weighted by atomic mass is 35.5. The number of hydrogen-bond donors (Lipinski definition) is 2. The summed E-state index contributed by atoms with van der Waals surface area (Å²) in [6, 6.07) is 0. The van der Waals surface area contributed by atoms with Gasteiger partial charge in [-0.3, -0.25) is 4.79 Å². The van der Waals surface area contributed by atoms with Crippen LogP contribution in [0.3, 0.4) is 0 Å². The van der Waals surface area contributed by atoms with Gasteiger partial charge >= 0.3 is 0 Å². The van der Waals surface area contributed by atoms with E-state index in [2.05, 4.69) is 15.3 Å². The molecule has 7 heteroatoms. The Kier molecular flexibility index (Phi) is 4.60. The number of anilines is 1. The zero-order valence-electron chi connectivity index (χ0n) is 10.5. The van der Waals surface area contributed by atoms with Gasteiger partial charge in [0.15, 0.2) is 11.0 Å². The normalized spacial score (nSPS) is 18.1. The second kappa shape index (κ2) is 6.03. The van der Waals surface area contributed by atoms with Gasteiger partial charge in [-0.25, -0.2) is 9.97 Å². The third-order valence-electron chi connectivity index (χ3n) is 3.37. The molecule has 1 aromatic heterocycles. The van der Waals surface area contributed by atoms with Crippen LogP contribution < -0.4 is 11.1 Å². The van der Waals surface area contributed by atoms with Gasteiger partial charge in [0, 0.05) is 12.0 Å². The van der Waals surface area contributed by atoms with Crippen molar-refractivity contribution in [3.8, 4) is 0 Å². The molecule has 0 saturated heterocycles. The van der Waals surface area contributed by atoms with E-state index in [4.69, 9.17) is 28.9 Å². The molecule has 3 N–H and O–H groups in total. The molecule has 0 atom stereocenters. The van der Waals surface area contributed by atoms with Gasteiger partial charge in [-0.2, -0.15) is 0 Å². The average Bonchev–Trinajstić information content (AvgIpc) is 2.35. The second-order valence-electron chi connectivity index (χ2n) is 4.98. The van der Waals surface area contributed by atoms with Gasteiger partial charge in [-0.1, -0.05) is 42.5 Å². The zero-order valence-corrected chi connectivity index (χ0v) is 12.0. The molecular formula is C12H16Cl2N4O. The van der Waals surface area contributed by atoms with Crippen molar-refractivity contribution in [2.75, 3.05) is 5.32 Å². The molecule has 0 aliphatic heterocycles. The number of halogens is 2.